The Kier molecular flexibility index (Phi) is 4.81. The lowest BCUT2D eigenvalue weighted by molar-refractivity contribution is 0.202. The monoisotopic (exact) mass is 263 g/mol. The maximum atomic E-state index is 5.65. The first-order chi connectivity index (χ1) is 8.85. The number of methoxy groups -OCH3 is 1. The topological polar surface area (TPSA) is 61.0 Å². The minimum absolute atomic E-state index is 0.631. The minimum atomic E-state index is 0.631. The summed E-state index contributed by atoms with van der Waals surface area (Å²) in [6, 6.07) is 5.86. The van der Waals surface area contributed by atoms with Crippen molar-refractivity contribution in [2.45, 2.75) is 12.8 Å². The Labute approximate surface area is 111 Å². The van der Waals surface area contributed by atoms with Crippen molar-refractivity contribution in [1.82, 2.24) is 9.97 Å². The summed E-state index contributed by atoms with van der Waals surface area (Å²) in [6.45, 7) is 1.32. The molecule has 0 spiro atoms. The van der Waals surface area contributed by atoms with E-state index >= 15 is 0 Å². The van der Waals surface area contributed by atoms with E-state index in [0.29, 0.717) is 13.2 Å². The normalized spacial score (nSPS) is 10.8. The molecule has 0 unspecified atom stereocenters. The van der Waals surface area contributed by atoms with Gasteiger partial charge in [0.25, 0.3) is 0 Å². The van der Waals surface area contributed by atoms with Crippen LogP contribution in [-0.4, -0.2) is 30.2 Å². The van der Waals surface area contributed by atoms with E-state index in [4.69, 9.17) is 10.5 Å². The largest absolute Gasteiger partial charge is 0.384 e. The van der Waals surface area contributed by atoms with Gasteiger partial charge in [-0.1, -0.05) is 6.07 Å². The lowest BCUT2D eigenvalue weighted by Crippen LogP contribution is -2.02. The fourth-order valence-electron chi connectivity index (χ4n) is 1.70. The van der Waals surface area contributed by atoms with Gasteiger partial charge in [0.2, 0.25) is 0 Å². The van der Waals surface area contributed by atoms with Gasteiger partial charge in [-0.25, -0.2) is 4.98 Å². The van der Waals surface area contributed by atoms with Gasteiger partial charge in [0.1, 0.15) is 5.69 Å². The first-order valence-electron chi connectivity index (χ1n) is 5.94. The van der Waals surface area contributed by atoms with Crippen LogP contribution in [0.2, 0.25) is 0 Å². The lowest BCUT2D eigenvalue weighted by Gasteiger charge is -1.99. The molecule has 0 fully saturated rings. The maximum Gasteiger partial charge on any atom is 0.103 e. The van der Waals surface area contributed by atoms with Gasteiger partial charge < -0.3 is 10.5 Å². The average Bonchev–Trinajstić information content (AvgIpc) is 2.81. The molecule has 2 aromatic heterocycles. The van der Waals surface area contributed by atoms with Crippen molar-refractivity contribution in [2.75, 3.05) is 20.3 Å². The van der Waals surface area contributed by atoms with Crippen molar-refractivity contribution in [1.29, 1.82) is 0 Å². The van der Waals surface area contributed by atoms with Gasteiger partial charge in [-0.3, -0.25) is 4.98 Å². The van der Waals surface area contributed by atoms with E-state index in [0.717, 1.165) is 29.2 Å². The third kappa shape index (κ3) is 3.13. The highest BCUT2D eigenvalue weighted by molar-refractivity contribution is 7.12. The van der Waals surface area contributed by atoms with E-state index in [1.807, 2.05) is 18.2 Å². The third-order valence-corrected chi connectivity index (χ3v) is 3.72. The van der Waals surface area contributed by atoms with Crippen LogP contribution >= 0.6 is 11.3 Å². The van der Waals surface area contributed by atoms with Crippen LogP contribution in [0.4, 0.5) is 0 Å². The SMILES string of the molecule is COCCc1nc(-c2ccccn2)c(CCN)s1. The predicted octanol–water partition coefficient (Wildman–Crippen LogP) is 1.90. The molecule has 0 aromatic carbocycles. The van der Waals surface area contributed by atoms with Gasteiger partial charge in [0.15, 0.2) is 0 Å². The summed E-state index contributed by atoms with van der Waals surface area (Å²) in [5.74, 6) is 0. The van der Waals surface area contributed by atoms with Crippen molar-refractivity contribution in [3.05, 3.63) is 34.3 Å². The van der Waals surface area contributed by atoms with Crippen LogP contribution in [0, 0.1) is 0 Å². The molecule has 96 valence electrons. The number of nitrogens with zero attached hydrogens (tertiary/aromatic N) is 2. The maximum absolute atomic E-state index is 5.65. The van der Waals surface area contributed by atoms with E-state index in [2.05, 4.69) is 9.97 Å². The van der Waals surface area contributed by atoms with Crippen molar-refractivity contribution >= 4 is 11.3 Å². The molecule has 2 heterocycles. The summed E-state index contributed by atoms with van der Waals surface area (Å²) in [5.41, 5.74) is 7.54. The third-order valence-electron chi connectivity index (χ3n) is 2.54. The standard InChI is InChI=1S/C13H17N3OS/c1-17-9-6-12-16-13(11(18-12)5-7-14)10-4-2-3-8-15-10/h2-4,8H,5-7,9,14H2,1H3. The second-order valence-corrected chi connectivity index (χ2v) is 5.04. The van der Waals surface area contributed by atoms with Crippen LogP contribution in [0.3, 0.4) is 0 Å². The Hall–Kier alpha value is -1.30. The molecule has 0 saturated carbocycles. The molecule has 5 heteroatoms. The van der Waals surface area contributed by atoms with E-state index in [1.54, 1.807) is 24.6 Å². The molecular formula is C13H17N3OS. The van der Waals surface area contributed by atoms with E-state index in [-0.39, 0.29) is 0 Å². The van der Waals surface area contributed by atoms with Gasteiger partial charge in [0, 0.05) is 24.6 Å². The number of nitrogens with two attached hydrogens (primary N) is 1. The summed E-state index contributed by atoms with van der Waals surface area (Å²) >= 11 is 1.71. The molecule has 0 aliphatic heterocycles. The van der Waals surface area contributed by atoms with Crippen molar-refractivity contribution in [3.8, 4) is 11.4 Å². The second-order valence-electron chi connectivity index (χ2n) is 3.88. The molecule has 18 heavy (non-hydrogen) atoms. The number of aromatic nitrogens is 2. The summed E-state index contributed by atoms with van der Waals surface area (Å²) in [4.78, 5) is 10.2. The lowest BCUT2D eigenvalue weighted by atomic mass is 10.2. The molecule has 0 aliphatic carbocycles. The molecule has 2 N–H and O–H groups in total. The molecule has 0 bridgehead atoms. The first kappa shape index (κ1) is 13.1. The molecule has 0 aliphatic rings. The summed E-state index contributed by atoms with van der Waals surface area (Å²) in [6.07, 6.45) is 3.47. The van der Waals surface area contributed by atoms with Crippen molar-refractivity contribution in [3.63, 3.8) is 0 Å². The molecule has 2 aromatic rings. The average molecular weight is 263 g/mol. The van der Waals surface area contributed by atoms with Crippen LogP contribution in [0.25, 0.3) is 11.4 Å². The number of hydrogen-bond acceptors (Lipinski definition) is 5. The predicted molar refractivity (Wildman–Crippen MR) is 73.7 cm³/mol. The Morgan fingerprint density at radius 1 is 1.33 bits per heavy atom. The zero-order valence-electron chi connectivity index (χ0n) is 10.4. The smallest absolute Gasteiger partial charge is 0.103 e. The zero-order valence-corrected chi connectivity index (χ0v) is 11.2. The number of rotatable bonds is 6. The molecule has 0 saturated heterocycles. The van der Waals surface area contributed by atoms with Crippen molar-refractivity contribution in [2.24, 2.45) is 5.73 Å². The zero-order chi connectivity index (χ0) is 12.8. The quantitative estimate of drug-likeness (QED) is 0.864. The van der Waals surface area contributed by atoms with Gasteiger partial charge in [0.05, 0.1) is 17.3 Å². The van der Waals surface area contributed by atoms with Crippen LogP contribution in [0.1, 0.15) is 9.88 Å². The Morgan fingerprint density at radius 3 is 2.89 bits per heavy atom. The summed E-state index contributed by atoms with van der Waals surface area (Å²) in [5, 5.41) is 1.08. The van der Waals surface area contributed by atoms with Gasteiger partial charge >= 0.3 is 0 Å². The Balaban J connectivity index is 2.29. The highest BCUT2D eigenvalue weighted by atomic mass is 32.1. The highest BCUT2D eigenvalue weighted by Gasteiger charge is 2.13. The minimum Gasteiger partial charge on any atom is -0.384 e. The van der Waals surface area contributed by atoms with Gasteiger partial charge in [-0.05, 0) is 25.1 Å². The van der Waals surface area contributed by atoms with Crippen LogP contribution in [0.5, 0.6) is 0 Å². The Morgan fingerprint density at radius 2 is 2.22 bits per heavy atom. The summed E-state index contributed by atoms with van der Waals surface area (Å²) < 4.78 is 5.09. The van der Waals surface area contributed by atoms with Crippen LogP contribution in [-0.2, 0) is 17.6 Å². The molecule has 2 rings (SSSR count). The van der Waals surface area contributed by atoms with Gasteiger partial charge in [-0.2, -0.15) is 0 Å². The molecule has 4 nitrogen and oxygen atoms in total. The number of ether oxygens (including phenoxy) is 1. The molecule has 0 atom stereocenters. The molecule has 0 radical (unpaired) electrons. The fraction of sp³-hybridized carbons (Fsp3) is 0.385. The second kappa shape index (κ2) is 6.58. The number of hydrogen-bond donors (Lipinski definition) is 1. The fourth-order valence-corrected chi connectivity index (χ4v) is 2.77. The first-order valence-corrected chi connectivity index (χ1v) is 6.75. The van der Waals surface area contributed by atoms with Gasteiger partial charge in [-0.15, -0.1) is 11.3 Å². The number of pyridine rings is 1. The number of thiazole rings is 1. The van der Waals surface area contributed by atoms with Crippen molar-refractivity contribution < 1.29 is 4.74 Å². The summed E-state index contributed by atoms with van der Waals surface area (Å²) in [7, 11) is 1.70. The van der Waals surface area contributed by atoms with Crippen LogP contribution < -0.4 is 5.73 Å². The van der Waals surface area contributed by atoms with E-state index < -0.39 is 0 Å². The Bertz CT molecular complexity index is 484. The highest BCUT2D eigenvalue weighted by Crippen LogP contribution is 2.27. The molecular weight excluding hydrogens is 246 g/mol. The van der Waals surface area contributed by atoms with E-state index in [9.17, 15) is 0 Å². The van der Waals surface area contributed by atoms with E-state index in [1.165, 1.54) is 4.88 Å². The molecule has 0 amide bonds. The van der Waals surface area contributed by atoms with Crippen LogP contribution in [0.15, 0.2) is 24.4 Å².